The number of aryl methyl sites for hydroxylation is 1. The molecule has 262 valence electrons. The van der Waals surface area contributed by atoms with Crippen molar-refractivity contribution >= 4 is 41.0 Å². The van der Waals surface area contributed by atoms with E-state index in [0.29, 0.717) is 16.8 Å². The Kier molecular flexibility index (Phi) is 7.74. The largest absolute Gasteiger partial charge is 0.504 e. The van der Waals surface area contributed by atoms with E-state index in [0.717, 1.165) is 21.0 Å². The Bertz CT molecular complexity index is 2200. The van der Waals surface area contributed by atoms with Crippen LogP contribution in [0, 0.1) is 30.6 Å². The number of carbonyl (C=O) groups excluding carboxylic acids is 4. The van der Waals surface area contributed by atoms with Gasteiger partial charge in [0.05, 0.1) is 47.2 Å². The molecule has 11 nitrogen and oxygen atoms in total. The number of aromatic hydroxyl groups is 1. The number of imide groups is 2. The first-order valence-corrected chi connectivity index (χ1v) is 17.1. The van der Waals surface area contributed by atoms with Crippen LogP contribution in [-0.4, -0.2) is 51.9 Å². The molecule has 4 amide bonds. The number of amides is 4. The topological polar surface area (TPSA) is 154 Å². The summed E-state index contributed by atoms with van der Waals surface area (Å²) in [5, 5.41) is 21.8. The lowest BCUT2D eigenvalue weighted by Crippen LogP contribution is -2.53. The lowest BCUT2D eigenvalue weighted by atomic mass is 9.49. The van der Waals surface area contributed by atoms with Gasteiger partial charge in [0.15, 0.2) is 11.5 Å². The molecular weight excluding hydrogens is 662 g/mol. The van der Waals surface area contributed by atoms with Gasteiger partial charge >= 0.3 is 5.97 Å². The van der Waals surface area contributed by atoms with Crippen molar-refractivity contribution < 1.29 is 38.9 Å². The summed E-state index contributed by atoms with van der Waals surface area (Å²) >= 11 is 0. The van der Waals surface area contributed by atoms with Gasteiger partial charge in [-0.05, 0) is 79.3 Å². The van der Waals surface area contributed by atoms with Gasteiger partial charge < -0.3 is 14.9 Å². The molecule has 2 aliphatic heterocycles. The van der Waals surface area contributed by atoms with Crippen molar-refractivity contribution in [3.63, 3.8) is 0 Å². The Labute approximate surface area is 299 Å². The summed E-state index contributed by atoms with van der Waals surface area (Å²) in [5.41, 5.74) is 5.11. The highest BCUT2D eigenvalue weighted by Gasteiger charge is 2.70. The van der Waals surface area contributed by atoms with Crippen LogP contribution < -0.4 is 15.1 Å². The van der Waals surface area contributed by atoms with E-state index < -0.39 is 64.6 Å². The van der Waals surface area contributed by atoms with Crippen molar-refractivity contribution in [3.8, 4) is 11.5 Å². The number of rotatable bonds is 7. The standard InChI is InChI=1S/C41H35N3O8/c1-22-11-14-26(15-12-22)42-44-37(47)31-21-30-28(16-17-29-34(30)38(48)43(36(29)46)27-10-6-7-24(19-27)39(49)50)35(23-13-18-33(52-2)32(45)20-23)41(31,40(44)51)25-8-4-3-5-9-25/h3-16,18-20,29-31,34-35,42,45H,17,21H2,1-2H3,(H,49,50). The number of nitrogens with zero attached hydrogens (tertiary/aromatic N) is 2. The van der Waals surface area contributed by atoms with E-state index in [1.807, 2.05) is 55.5 Å². The van der Waals surface area contributed by atoms with E-state index in [9.17, 15) is 29.4 Å². The summed E-state index contributed by atoms with van der Waals surface area (Å²) in [5.74, 6) is -7.04. The molecule has 3 N–H and O–H groups in total. The van der Waals surface area contributed by atoms with E-state index in [1.54, 1.807) is 30.3 Å². The highest BCUT2D eigenvalue weighted by atomic mass is 16.5. The fourth-order valence-electron chi connectivity index (χ4n) is 9.04. The van der Waals surface area contributed by atoms with Gasteiger partial charge in [0, 0.05) is 5.92 Å². The molecule has 0 aromatic heterocycles. The minimum atomic E-state index is -1.49. The van der Waals surface area contributed by atoms with Gasteiger partial charge in [-0.2, -0.15) is 5.01 Å². The SMILES string of the molecule is COc1ccc(C2C3=CCC4C(=O)N(c5cccc(C(=O)O)c5)C(=O)C4C3CC3C(=O)N(Nc4ccc(C)cc4)C(=O)C32c2ccccc2)cc1O. The predicted molar refractivity (Wildman–Crippen MR) is 189 cm³/mol. The van der Waals surface area contributed by atoms with Crippen LogP contribution >= 0.6 is 0 Å². The van der Waals surface area contributed by atoms with Crippen LogP contribution in [0.25, 0.3) is 0 Å². The molecule has 0 bridgehead atoms. The number of phenolic OH excluding ortho intramolecular Hbond substituents is 1. The summed E-state index contributed by atoms with van der Waals surface area (Å²) in [4.78, 5) is 71.4. The second-order valence-electron chi connectivity index (χ2n) is 13.9. The highest BCUT2D eigenvalue weighted by molar-refractivity contribution is 6.23. The maximum Gasteiger partial charge on any atom is 0.335 e. The number of ether oxygens (including phenoxy) is 1. The number of methoxy groups -OCH3 is 1. The number of aromatic carboxylic acids is 1. The molecule has 4 aromatic rings. The average Bonchev–Trinajstić information content (AvgIpc) is 3.53. The fourth-order valence-corrected chi connectivity index (χ4v) is 9.04. The Morgan fingerprint density at radius 3 is 2.31 bits per heavy atom. The number of nitrogens with one attached hydrogen (secondary N) is 1. The second-order valence-corrected chi connectivity index (χ2v) is 13.9. The molecule has 1 saturated carbocycles. The molecule has 11 heteroatoms. The average molecular weight is 698 g/mol. The zero-order valence-corrected chi connectivity index (χ0v) is 28.4. The molecule has 2 aliphatic carbocycles. The first-order valence-electron chi connectivity index (χ1n) is 17.1. The van der Waals surface area contributed by atoms with Crippen molar-refractivity contribution in [1.82, 2.24) is 5.01 Å². The summed E-state index contributed by atoms with van der Waals surface area (Å²) in [7, 11) is 1.44. The van der Waals surface area contributed by atoms with Crippen LogP contribution in [0.3, 0.4) is 0 Å². The summed E-state index contributed by atoms with van der Waals surface area (Å²) in [6, 6.07) is 27.1. The van der Waals surface area contributed by atoms with Gasteiger partial charge in [0.25, 0.3) is 11.8 Å². The number of allylic oxidation sites excluding steroid dienone is 2. The molecule has 4 aromatic carbocycles. The molecule has 6 atom stereocenters. The molecule has 2 saturated heterocycles. The minimum absolute atomic E-state index is 0.0623. The molecule has 0 radical (unpaired) electrons. The van der Waals surface area contributed by atoms with Crippen LogP contribution in [-0.2, 0) is 24.6 Å². The maximum absolute atomic E-state index is 15.2. The zero-order chi connectivity index (χ0) is 36.5. The van der Waals surface area contributed by atoms with E-state index in [2.05, 4.69) is 5.43 Å². The zero-order valence-electron chi connectivity index (χ0n) is 28.4. The number of anilines is 2. The number of hydrazine groups is 1. The number of hydrogen-bond donors (Lipinski definition) is 3. The Hall–Kier alpha value is -6.23. The fraction of sp³-hybridized carbons (Fsp3) is 0.244. The van der Waals surface area contributed by atoms with Gasteiger partial charge in [-0.15, -0.1) is 0 Å². The number of phenols is 1. The van der Waals surface area contributed by atoms with Gasteiger partial charge in [-0.3, -0.25) is 29.5 Å². The first kappa shape index (κ1) is 32.9. The lowest BCUT2D eigenvalue weighted by molar-refractivity contribution is -0.138. The van der Waals surface area contributed by atoms with Gasteiger partial charge in [0.1, 0.15) is 0 Å². The highest BCUT2D eigenvalue weighted by Crippen LogP contribution is 2.64. The first-order chi connectivity index (χ1) is 25.1. The third-order valence-corrected chi connectivity index (χ3v) is 11.3. The normalized spacial score (nSPS) is 26.4. The quantitative estimate of drug-likeness (QED) is 0.166. The van der Waals surface area contributed by atoms with Crippen molar-refractivity contribution in [2.45, 2.75) is 31.1 Å². The molecule has 2 heterocycles. The van der Waals surface area contributed by atoms with E-state index in [1.165, 1.54) is 31.4 Å². The van der Waals surface area contributed by atoms with Crippen LogP contribution in [0.2, 0.25) is 0 Å². The molecule has 6 unspecified atom stereocenters. The minimum Gasteiger partial charge on any atom is -0.504 e. The van der Waals surface area contributed by atoms with Crippen molar-refractivity contribution in [2.75, 3.05) is 17.4 Å². The third kappa shape index (κ3) is 4.75. The summed E-state index contributed by atoms with van der Waals surface area (Å²) in [6.45, 7) is 1.94. The van der Waals surface area contributed by atoms with Crippen LogP contribution in [0.4, 0.5) is 11.4 Å². The third-order valence-electron chi connectivity index (χ3n) is 11.3. The van der Waals surface area contributed by atoms with Gasteiger partial charge in [-0.25, -0.2) is 4.79 Å². The Balaban J connectivity index is 1.31. The number of hydrogen-bond acceptors (Lipinski definition) is 8. The van der Waals surface area contributed by atoms with Gasteiger partial charge in [0.2, 0.25) is 11.8 Å². The van der Waals surface area contributed by atoms with Gasteiger partial charge in [-0.1, -0.05) is 71.8 Å². The van der Waals surface area contributed by atoms with Crippen molar-refractivity contribution in [1.29, 1.82) is 0 Å². The monoisotopic (exact) mass is 697 g/mol. The summed E-state index contributed by atoms with van der Waals surface area (Å²) < 4.78 is 5.35. The molecule has 8 rings (SSSR count). The molecular formula is C41H35N3O8. The molecule has 0 spiro atoms. The number of carboxylic acid groups (broad SMARTS) is 1. The Morgan fingerprint density at radius 1 is 0.865 bits per heavy atom. The number of carboxylic acids is 1. The lowest BCUT2D eigenvalue weighted by Gasteiger charge is -2.50. The molecule has 4 aliphatic rings. The predicted octanol–water partition coefficient (Wildman–Crippen LogP) is 5.60. The molecule has 52 heavy (non-hydrogen) atoms. The van der Waals surface area contributed by atoms with Crippen LogP contribution in [0.1, 0.15) is 45.8 Å². The van der Waals surface area contributed by atoms with Crippen LogP contribution in [0.15, 0.2) is 109 Å². The maximum atomic E-state index is 15.2. The van der Waals surface area contributed by atoms with Crippen molar-refractivity contribution in [3.05, 3.63) is 131 Å². The van der Waals surface area contributed by atoms with Crippen molar-refractivity contribution in [2.24, 2.45) is 23.7 Å². The Morgan fingerprint density at radius 2 is 1.62 bits per heavy atom. The van der Waals surface area contributed by atoms with E-state index >= 15 is 4.79 Å². The molecule has 3 fully saturated rings. The number of benzene rings is 4. The van der Waals surface area contributed by atoms with E-state index in [4.69, 9.17) is 4.74 Å². The number of carbonyl (C=O) groups is 5. The second kappa shape index (κ2) is 12.2. The van der Waals surface area contributed by atoms with E-state index in [-0.39, 0.29) is 35.6 Å². The smallest absolute Gasteiger partial charge is 0.335 e. The number of fused-ring (bicyclic) bond motifs is 4. The van der Waals surface area contributed by atoms with Crippen LogP contribution in [0.5, 0.6) is 11.5 Å². The summed E-state index contributed by atoms with van der Waals surface area (Å²) in [6.07, 6.45) is 2.21.